The molecule has 9 heteroatoms. The third-order valence-electron chi connectivity index (χ3n) is 4.77. The second kappa shape index (κ2) is 8.95. The average Bonchev–Trinajstić information content (AvgIpc) is 3.13. The number of fused-ring (bicyclic) bond motifs is 1. The molecule has 3 aromatic rings. The molecule has 1 aliphatic rings. The summed E-state index contributed by atoms with van der Waals surface area (Å²) < 4.78 is 26.7. The molecule has 1 fully saturated rings. The van der Waals surface area contributed by atoms with Crippen molar-refractivity contribution in [3.05, 3.63) is 75.7 Å². The molecule has 0 bridgehead atoms. The number of carbonyl (C=O) groups is 1. The molecule has 0 radical (unpaired) electrons. The minimum absolute atomic E-state index is 0.271. The van der Waals surface area contributed by atoms with Crippen LogP contribution in [0.25, 0.3) is 10.1 Å². The van der Waals surface area contributed by atoms with Crippen molar-refractivity contribution in [2.45, 2.75) is 12.1 Å². The zero-order valence-electron chi connectivity index (χ0n) is 15.8. The molecule has 1 atom stereocenters. The number of halogens is 2. The summed E-state index contributed by atoms with van der Waals surface area (Å²) in [4.78, 5) is 15.2. The number of thiophene rings is 1. The van der Waals surface area contributed by atoms with Crippen LogP contribution in [0.4, 0.5) is 5.69 Å². The van der Waals surface area contributed by atoms with Gasteiger partial charge in [0.25, 0.3) is 5.91 Å². The molecule has 156 valence electrons. The zero-order chi connectivity index (χ0) is 21.3. The van der Waals surface area contributed by atoms with Gasteiger partial charge in [0.05, 0.1) is 18.9 Å². The van der Waals surface area contributed by atoms with Crippen LogP contribution in [0, 0.1) is 0 Å². The van der Waals surface area contributed by atoms with Gasteiger partial charge in [-0.1, -0.05) is 30.3 Å². The van der Waals surface area contributed by atoms with Crippen molar-refractivity contribution < 1.29 is 18.4 Å². The molecule has 0 saturated carbocycles. The fourth-order valence-corrected chi connectivity index (χ4v) is 7.19. The highest BCUT2D eigenvalue weighted by atomic mass is 79.9. The van der Waals surface area contributed by atoms with Gasteiger partial charge in [-0.25, -0.2) is 0 Å². The summed E-state index contributed by atoms with van der Waals surface area (Å²) in [6, 6.07) is 12.7. The van der Waals surface area contributed by atoms with Crippen LogP contribution in [0.5, 0.6) is 0 Å². The van der Waals surface area contributed by atoms with Gasteiger partial charge in [-0.05, 0) is 69.0 Å². The van der Waals surface area contributed by atoms with Crippen LogP contribution in [0.1, 0.15) is 17.6 Å². The maximum absolute atomic E-state index is 13.8. The summed E-state index contributed by atoms with van der Waals surface area (Å²) in [6.45, 7) is 4.34. The highest BCUT2D eigenvalue weighted by molar-refractivity contribution is 9.10. The Bertz CT molecular complexity index is 1160. The van der Waals surface area contributed by atoms with E-state index in [4.69, 9.17) is 20.6 Å². The Morgan fingerprint density at radius 2 is 2.00 bits per heavy atom. The largest absolute Gasteiger partial charge is 0.347 e. The lowest BCUT2D eigenvalue weighted by atomic mass is 10.1. The van der Waals surface area contributed by atoms with Crippen molar-refractivity contribution in [3.63, 3.8) is 0 Å². The number of benzene rings is 2. The van der Waals surface area contributed by atoms with E-state index in [1.165, 1.54) is 22.4 Å². The number of carbonyl (C=O) groups excluding carboxylic acids is 1. The number of anilines is 1. The Kier molecular flexibility index (Phi) is 6.49. The smallest absolute Gasteiger partial charge is 0.308 e. The van der Waals surface area contributed by atoms with E-state index in [0.717, 1.165) is 10.1 Å². The lowest BCUT2D eigenvalue weighted by Crippen LogP contribution is -2.32. The quantitative estimate of drug-likeness (QED) is 0.331. The van der Waals surface area contributed by atoms with E-state index in [9.17, 15) is 9.36 Å². The lowest BCUT2D eigenvalue weighted by Gasteiger charge is -2.32. The summed E-state index contributed by atoms with van der Waals surface area (Å²) in [6.07, 6.45) is 2.03. The predicted octanol–water partition coefficient (Wildman–Crippen LogP) is 7.17. The van der Waals surface area contributed by atoms with E-state index in [1.807, 2.05) is 29.6 Å². The van der Waals surface area contributed by atoms with Crippen molar-refractivity contribution in [2.75, 3.05) is 18.1 Å². The lowest BCUT2D eigenvalue weighted by molar-refractivity contribution is -0.118. The number of amides is 1. The molecule has 1 saturated heterocycles. The molecule has 2 heterocycles. The molecule has 4 rings (SSSR count). The van der Waals surface area contributed by atoms with E-state index >= 15 is 0 Å². The molecule has 1 amide bonds. The molecule has 5 nitrogen and oxygen atoms in total. The van der Waals surface area contributed by atoms with Gasteiger partial charge in [0.1, 0.15) is 0 Å². The Balaban J connectivity index is 1.88. The Labute approximate surface area is 191 Å². The second-order valence-electron chi connectivity index (χ2n) is 6.64. The molecule has 1 unspecified atom stereocenters. The van der Waals surface area contributed by atoms with Crippen LogP contribution in [-0.2, 0) is 18.4 Å². The van der Waals surface area contributed by atoms with Gasteiger partial charge in [0, 0.05) is 20.4 Å². The summed E-state index contributed by atoms with van der Waals surface area (Å²) in [5, 5.41) is 3.12. The fraction of sp³-hybridized carbons (Fsp3) is 0.190. The van der Waals surface area contributed by atoms with Crippen LogP contribution in [0.3, 0.4) is 0 Å². The van der Waals surface area contributed by atoms with E-state index in [2.05, 4.69) is 22.5 Å². The summed E-state index contributed by atoms with van der Waals surface area (Å²) in [5.41, 5.74) is 0.0189. The zero-order valence-corrected chi connectivity index (χ0v) is 19.8. The van der Waals surface area contributed by atoms with Crippen molar-refractivity contribution in [1.29, 1.82) is 0 Å². The number of hydrogen-bond acceptors (Lipinski definition) is 5. The standard InChI is InChI=1S/C21H18BrClNO4PS/c1-2-24(18-7-4-3-6-17(18)22)21(25)20(29(26)27-10-5-11-28-29)16-13-30-19-9-8-14(23)12-15(16)19/h2-4,6-9,12-13,20H,1,5,10-11H2. The van der Waals surface area contributed by atoms with Crippen LogP contribution in [0.2, 0.25) is 5.02 Å². The van der Waals surface area contributed by atoms with Crippen LogP contribution in [0.15, 0.2) is 65.1 Å². The van der Waals surface area contributed by atoms with Gasteiger partial charge in [-0.3, -0.25) is 14.3 Å². The Hall–Kier alpha value is -1.47. The van der Waals surface area contributed by atoms with Gasteiger partial charge in [-0.15, -0.1) is 11.3 Å². The number of hydrogen-bond donors (Lipinski definition) is 0. The third kappa shape index (κ3) is 4.03. The normalized spacial score (nSPS) is 16.9. The van der Waals surface area contributed by atoms with E-state index < -0.39 is 19.2 Å². The van der Waals surface area contributed by atoms with Crippen molar-refractivity contribution in [1.82, 2.24) is 0 Å². The highest BCUT2D eigenvalue weighted by Crippen LogP contribution is 2.64. The first-order chi connectivity index (χ1) is 14.4. The SMILES string of the molecule is C=CN(C(=O)C(c1csc2ccc(Cl)cc12)P1(=O)OCCCO1)c1ccccc1Br. The summed E-state index contributed by atoms with van der Waals surface area (Å²) >= 11 is 11.1. The molecule has 0 aliphatic carbocycles. The highest BCUT2D eigenvalue weighted by Gasteiger charge is 2.47. The van der Waals surface area contributed by atoms with Crippen LogP contribution in [-0.4, -0.2) is 19.1 Å². The number of rotatable bonds is 5. The Morgan fingerprint density at radius 3 is 2.70 bits per heavy atom. The van der Waals surface area contributed by atoms with Crippen molar-refractivity contribution in [3.8, 4) is 0 Å². The molecule has 30 heavy (non-hydrogen) atoms. The minimum Gasteiger partial charge on any atom is -0.308 e. The average molecular weight is 527 g/mol. The number of nitrogens with zero attached hydrogens (tertiary/aromatic N) is 1. The third-order valence-corrected chi connectivity index (χ3v) is 8.88. The minimum atomic E-state index is -3.78. The fourth-order valence-electron chi connectivity index (χ4n) is 3.39. The molecule has 0 spiro atoms. The van der Waals surface area contributed by atoms with E-state index in [0.29, 0.717) is 27.2 Å². The molecule has 2 aromatic carbocycles. The second-order valence-corrected chi connectivity index (χ2v) is 11.0. The van der Waals surface area contributed by atoms with Gasteiger partial charge in [-0.2, -0.15) is 0 Å². The molecule has 0 N–H and O–H groups in total. The molecule has 1 aliphatic heterocycles. The predicted molar refractivity (Wildman–Crippen MR) is 126 cm³/mol. The van der Waals surface area contributed by atoms with E-state index in [1.54, 1.807) is 18.2 Å². The van der Waals surface area contributed by atoms with Gasteiger partial charge in [0.15, 0.2) is 5.66 Å². The molecule has 1 aromatic heterocycles. The summed E-state index contributed by atoms with van der Waals surface area (Å²) in [7, 11) is -3.78. The van der Waals surface area contributed by atoms with Crippen LogP contribution >= 0.6 is 46.5 Å². The molecular formula is C21H18BrClNO4PS. The van der Waals surface area contributed by atoms with Gasteiger partial charge >= 0.3 is 7.60 Å². The van der Waals surface area contributed by atoms with Gasteiger partial charge < -0.3 is 9.05 Å². The van der Waals surface area contributed by atoms with Gasteiger partial charge in [0.2, 0.25) is 0 Å². The Morgan fingerprint density at radius 1 is 1.27 bits per heavy atom. The number of para-hydroxylation sites is 1. The first-order valence-corrected chi connectivity index (χ1v) is 12.9. The summed E-state index contributed by atoms with van der Waals surface area (Å²) in [5.74, 6) is -0.443. The first-order valence-electron chi connectivity index (χ1n) is 9.20. The molecular weight excluding hydrogens is 509 g/mol. The maximum atomic E-state index is 13.8. The first kappa shape index (κ1) is 21.8. The van der Waals surface area contributed by atoms with E-state index in [-0.39, 0.29) is 13.2 Å². The van der Waals surface area contributed by atoms with Crippen LogP contribution < -0.4 is 4.90 Å². The maximum Gasteiger partial charge on any atom is 0.347 e. The topological polar surface area (TPSA) is 55.8 Å². The van der Waals surface area contributed by atoms with Crippen molar-refractivity contribution >= 4 is 68.1 Å². The van der Waals surface area contributed by atoms with Crippen molar-refractivity contribution in [2.24, 2.45) is 0 Å². The monoisotopic (exact) mass is 525 g/mol.